The van der Waals surface area contributed by atoms with Crippen molar-refractivity contribution in [3.8, 4) is 5.75 Å². The molecule has 6 nitrogen and oxygen atoms in total. The van der Waals surface area contributed by atoms with Gasteiger partial charge in [0, 0.05) is 15.7 Å². The van der Waals surface area contributed by atoms with E-state index in [1.807, 2.05) is 6.07 Å². The van der Waals surface area contributed by atoms with E-state index in [0.29, 0.717) is 39.4 Å². The topological polar surface area (TPSA) is 69.3 Å². The van der Waals surface area contributed by atoms with Gasteiger partial charge in [-0.2, -0.15) is 5.10 Å². The van der Waals surface area contributed by atoms with Crippen LogP contribution in [0.3, 0.4) is 0 Å². The molecule has 2 heterocycles. The molecular formula is C22H15BrCl2FN3O3. The summed E-state index contributed by atoms with van der Waals surface area (Å²) in [7, 11) is 0. The average Bonchev–Trinajstić information content (AvgIpc) is 3.39. The molecule has 2 aromatic carbocycles. The van der Waals surface area contributed by atoms with Crippen LogP contribution in [-0.2, 0) is 13.2 Å². The molecule has 0 spiro atoms. The number of halogens is 4. The zero-order chi connectivity index (χ0) is 22.7. The Morgan fingerprint density at radius 1 is 1.16 bits per heavy atom. The second-order valence-electron chi connectivity index (χ2n) is 6.75. The summed E-state index contributed by atoms with van der Waals surface area (Å²) in [6.07, 6.45) is 3.14. The smallest absolute Gasteiger partial charge is 0.291 e. The number of carbonyl (C=O) groups is 1. The number of ether oxygens (including phenoxy) is 1. The second-order valence-corrected chi connectivity index (χ2v) is 8.48. The van der Waals surface area contributed by atoms with E-state index < -0.39 is 11.7 Å². The van der Waals surface area contributed by atoms with Gasteiger partial charge < -0.3 is 14.5 Å². The molecule has 1 amide bonds. The van der Waals surface area contributed by atoms with Crippen LogP contribution in [0.1, 0.15) is 21.9 Å². The summed E-state index contributed by atoms with van der Waals surface area (Å²) in [5.41, 5.74) is 1.18. The number of furan rings is 1. The average molecular weight is 539 g/mol. The molecule has 4 rings (SSSR count). The van der Waals surface area contributed by atoms with E-state index in [-0.39, 0.29) is 12.4 Å². The maximum absolute atomic E-state index is 13.2. The van der Waals surface area contributed by atoms with Crippen LogP contribution >= 0.6 is 39.1 Å². The van der Waals surface area contributed by atoms with Gasteiger partial charge in [0.15, 0.2) is 5.76 Å². The number of hydrogen-bond donors (Lipinski definition) is 1. The Morgan fingerprint density at radius 2 is 2.00 bits per heavy atom. The molecule has 32 heavy (non-hydrogen) atoms. The first-order valence-corrected chi connectivity index (χ1v) is 10.9. The van der Waals surface area contributed by atoms with Crippen LogP contribution < -0.4 is 10.1 Å². The highest BCUT2D eigenvalue weighted by atomic mass is 79.9. The van der Waals surface area contributed by atoms with E-state index in [1.54, 1.807) is 41.2 Å². The van der Waals surface area contributed by atoms with Crippen molar-refractivity contribution in [3.63, 3.8) is 0 Å². The first-order valence-electron chi connectivity index (χ1n) is 9.31. The lowest BCUT2D eigenvalue weighted by Gasteiger charge is -2.06. The number of nitrogens with zero attached hydrogens (tertiary/aromatic N) is 2. The molecule has 4 aromatic rings. The van der Waals surface area contributed by atoms with Gasteiger partial charge in [-0.1, -0.05) is 45.2 Å². The van der Waals surface area contributed by atoms with Gasteiger partial charge in [-0.05, 0) is 48.0 Å². The van der Waals surface area contributed by atoms with E-state index in [4.69, 9.17) is 32.4 Å². The van der Waals surface area contributed by atoms with Gasteiger partial charge in [-0.3, -0.25) is 9.48 Å². The first kappa shape index (κ1) is 22.4. The van der Waals surface area contributed by atoms with Crippen molar-refractivity contribution in [2.24, 2.45) is 0 Å². The van der Waals surface area contributed by atoms with Crippen LogP contribution in [0.2, 0.25) is 10.0 Å². The number of rotatable bonds is 7. The fraction of sp³-hybridized carbons (Fsp3) is 0.0909. The standard InChI is InChI=1S/C22H15BrCl2FN3O3/c23-14-2-5-20(19(25)7-14)31-12-17-4-6-21(32-17)22(30)28-16-9-27-29(11-16)10-13-1-3-15(26)8-18(13)24/h1-9,11H,10,12H2,(H,28,30). The Kier molecular flexibility index (Phi) is 6.83. The number of hydrogen-bond acceptors (Lipinski definition) is 4. The van der Waals surface area contributed by atoms with Crippen LogP contribution in [0.4, 0.5) is 10.1 Å². The maximum Gasteiger partial charge on any atom is 0.291 e. The predicted octanol–water partition coefficient (Wildman–Crippen LogP) is 6.56. The van der Waals surface area contributed by atoms with Crippen molar-refractivity contribution in [2.45, 2.75) is 13.2 Å². The third-order valence-electron chi connectivity index (χ3n) is 4.39. The quantitative estimate of drug-likeness (QED) is 0.289. The van der Waals surface area contributed by atoms with Crippen molar-refractivity contribution in [3.05, 3.63) is 98.3 Å². The normalized spacial score (nSPS) is 10.9. The Labute approximate surface area is 201 Å². The number of amides is 1. The minimum absolute atomic E-state index is 0.116. The van der Waals surface area contributed by atoms with Crippen molar-refractivity contribution in [2.75, 3.05) is 5.32 Å². The van der Waals surface area contributed by atoms with Crippen molar-refractivity contribution >= 4 is 50.7 Å². The van der Waals surface area contributed by atoms with Gasteiger partial charge in [0.05, 0.1) is 23.5 Å². The Hall–Kier alpha value is -2.81. The lowest BCUT2D eigenvalue weighted by Crippen LogP contribution is -2.10. The predicted molar refractivity (Wildman–Crippen MR) is 123 cm³/mol. The Bertz CT molecular complexity index is 1280. The molecule has 0 aliphatic rings. The summed E-state index contributed by atoms with van der Waals surface area (Å²) in [5.74, 6) is 0.258. The lowest BCUT2D eigenvalue weighted by molar-refractivity contribution is 0.0992. The zero-order valence-corrected chi connectivity index (χ0v) is 19.4. The molecule has 0 fully saturated rings. The number of anilines is 1. The summed E-state index contributed by atoms with van der Waals surface area (Å²) in [5, 5.41) is 7.67. The van der Waals surface area contributed by atoms with E-state index in [9.17, 15) is 9.18 Å². The third kappa shape index (κ3) is 5.51. The summed E-state index contributed by atoms with van der Waals surface area (Å²) >= 11 is 15.5. The zero-order valence-electron chi connectivity index (χ0n) is 16.3. The van der Waals surface area contributed by atoms with E-state index >= 15 is 0 Å². The van der Waals surface area contributed by atoms with Crippen LogP contribution in [0, 0.1) is 5.82 Å². The van der Waals surface area contributed by atoms with E-state index in [0.717, 1.165) is 4.47 Å². The second kappa shape index (κ2) is 9.77. The van der Waals surface area contributed by atoms with Gasteiger partial charge in [0.25, 0.3) is 5.91 Å². The van der Waals surface area contributed by atoms with Crippen LogP contribution in [0.5, 0.6) is 5.75 Å². The van der Waals surface area contributed by atoms with Crippen molar-refractivity contribution in [1.82, 2.24) is 9.78 Å². The Balaban J connectivity index is 1.35. The van der Waals surface area contributed by atoms with Gasteiger partial charge in [0.2, 0.25) is 0 Å². The molecule has 1 N–H and O–H groups in total. The van der Waals surface area contributed by atoms with Crippen LogP contribution in [0.25, 0.3) is 0 Å². The largest absolute Gasteiger partial charge is 0.484 e. The summed E-state index contributed by atoms with van der Waals surface area (Å²) in [6, 6.07) is 12.6. The summed E-state index contributed by atoms with van der Waals surface area (Å²) < 4.78 is 26.8. The monoisotopic (exact) mass is 537 g/mol. The molecule has 164 valence electrons. The van der Waals surface area contributed by atoms with Crippen molar-refractivity contribution < 1.29 is 18.3 Å². The first-order chi connectivity index (χ1) is 15.4. The van der Waals surface area contributed by atoms with E-state index in [1.165, 1.54) is 18.3 Å². The van der Waals surface area contributed by atoms with Crippen LogP contribution in [0.15, 0.2) is 69.8 Å². The fourth-order valence-corrected chi connectivity index (χ4v) is 3.81. The Morgan fingerprint density at radius 3 is 2.78 bits per heavy atom. The molecule has 0 aliphatic heterocycles. The minimum Gasteiger partial charge on any atom is -0.484 e. The van der Waals surface area contributed by atoms with Gasteiger partial charge >= 0.3 is 0 Å². The molecule has 0 saturated carbocycles. The van der Waals surface area contributed by atoms with Gasteiger partial charge in [-0.25, -0.2) is 4.39 Å². The highest BCUT2D eigenvalue weighted by molar-refractivity contribution is 9.10. The molecule has 0 bridgehead atoms. The number of aromatic nitrogens is 2. The fourth-order valence-electron chi connectivity index (χ4n) is 2.85. The van der Waals surface area contributed by atoms with Crippen molar-refractivity contribution in [1.29, 1.82) is 0 Å². The van der Waals surface area contributed by atoms with E-state index in [2.05, 4.69) is 26.3 Å². The SMILES string of the molecule is O=C(Nc1cnn(Cc2ccc(F)cc2Cl)c1)c1ccc(COc2ccc(Br)cc2Cl)o1. The molecule has 0 aliphatic carbocycles. The third-order valence-corrected chi connectivity index (χ3v) is 5.53. The molecule has 2 aromatic heterocycles. The minimum atomic E-state index is -0.433. The molecule has 0 unspecified atom stereocenters. The highest BCUT2D eigenvalue weighted by Gasteiger charge is 2.14. The number of nitrogens with one attached hydrogen (secondary N) is 1. The number of benzene rings is 2. The molecule has 10 heteroatoms. The molecule has 0 atom stereocenters. The lowest BCUT2D eigenvalue weighted by atomic mass is 10.2. The number of carbonyl (C=O) groups excluding carboxylic acids is 1. The van der Waals surface area contributed by atoms with Crippen LogP contribution in [-0.4, -0.2) is 15.7 Å². The summed E-state index contributed by atoms with van der Waals surface area (Å²) in [6.45, 7) is 0.445. The van der Waals surface area contributed by atoms with Gasteiger partial charge in [-0.15, -0.1) is 0 Å². The summed E-state index contributed by atoms with van der Waals surface area (Å²) in [4.78, 5) is 12.5. The highest BCUT2D eigenvalue weighted by Crippen LogP contribution is 2.28. The maximum atomic E-state index is 13.2. The van der Waals surface area contributed by atoms with Gasteiger partial charge in [0.1, 0.15) is 23.9 Å². The molecular weight excluding hydrogens is 524 g/mol. The molecule has 0 saturated heterocycles. The molecule has 0 radical (unpaired) electrons.